The highest BCUT2D eigenvalue weighted by Gasteiger charge is 2.60. The molecule has 2 saturated heterocycles. The van der Waals surface area contributed by atoms with Crippen LogP contribution < -0.4 is 9.96 Å². The summed E-state index contributed by atoms with van der Waals surface area (Å²) < 4.78 is 13.6. The fourth-order valence-corrected chi connectivity index (χ4v) is 4.96. The Morgan fingerprint density at radius 3 is 2.09 bits per heavy atom. The second-order valence-electron chi connectivity index (χ2n) is 8.47. The molecule has 0 N–H and O–H groups in total. The van der Waals surface area contributed by atoms with Crippen molar-refractivity contribution in [1.82, 2.24) is 0 Å². The molecule has 2 heterocycles. The van der Waals surface area contributed by atoms with Crippen LogP contribution in [0, 0.1) is 32.5 Å². The molecule has 0 bridgehead atoms. The summed E-state index contributed by atoms with van der Waals surface area (Å²) in [5.41, 5.74) is 4.85. The lowest BCUT2D eigenvalue weighted by Gasteiger charge is -2.29. The summed E-state index contributed by atoms with van der Waals surface area (Å²) in [5, 5.41) is 1.62. The van der Waals surface area contributed by atoms with Gasteiger partial charge in [-0.05, 0) is 61.7 Å². The molecule has 3 aromatic carbocycles. The topological polar surface area (TPSA) is 49.9 Å². The van der Waals surface area contributed by atoms with Crippen molar-refractivity contribution in [3.8, 4) is 0 Å². The average Bonchev–Trinajstić information content (AvgIpc) is 3.26. The fourth-order valence-electron chi connectivity index (χ4n) is 4.96. The lowest BCUT2D eigenvalue weighted by atomic mass is 9.90. The Kier molecular flexibility index (Phi) is 4.82. The van der Waals surface area contributed by atoms with Gasteiger partial charge in [-0.25, -0.2) is 14.4 Å². The predicted octanol–water partition coefficient (Wildman–Crippen LogP) is 4.80. The standard InChI is InChI=1S/C26H23FN2O3/c1-15-13-16(2)22(17(3)14-15)28-25(30)21-23(18-9-11-19(27)12-10-18)29(32-24(21)26(28)31)20-7-5-4-6-8-20/h4-14,21,23-24H,1-3H3/t21-,23+,24+/m1/s1. The molecule has 5 rings (SSSR count). The van der Waals surface area contributed by atoms with Gasteiger partial charge in [0, 0.05) is 0 Å². The number of aryl methyl sites for hydroxylation is 3. The molecule has 0 saturated carbocycles. The summed E-state index contributed by atoms with van der Waals surface area (Å²) in [6.45, 7) is 5.79. The van der Waals surface area contributed by atoms with Crippen LogP contribution in [0.3, 0.4) is 0 Å². The van der Waals surface area contributed by atoms with Gasteiger partial charge in [0.05, 0.1) is 17.4 Å². The number of carbonyl (C=O) groups is 2. The van der Waals surface area contributed by atoms with Crippen molar-refractivity contribution in [3.05, 3.63) is 94.8 Å². The van der Waals surface area contributed by atoms with Crippen LogP contribution >= 0.6 is 0 Å². The lowest BCUT2D eigenvalue weighted by molar-refractivity contribution is -0.126. The number of hydrogen-bond donors (Lipinski definition) is 0. The number of fused-ring (bicyclic) bond motifs is 1. The van der Waals surface area contributed by atoms with Crippen molar-refractivity contribution < 1.29 is 18.8 Å². The number of benzene rings is 3. The summed E-state index contributed by atoms with van der Waals surface area (Å²) in [6.07, 6.45) is -0.946. The number of amides is 2. The summed E-state index contributed by atoms with van der Waals surface area (Å²) in [6, 6.07) is 18.7. The van der Waals surface area contributed by atoms with E-state index in [1.165, 1.54) is 17.0 Å². The minimum atomic E-state index is -0.946. The first-order valence-electron chi connectivity index (χ1n) is 10.6. The van der Waals surface area contributed by atoms with Crippen LogP contribution in [0.1, 0.15) is 28.3 Å². The van der Waals surface area contributed by atoms with E-state index in [-0.39, 0.29) is 17.6 Å². The maximum Gasteiger partial charge on any atom is 0.266 e. The number of para-hydroxylation sites is 1. The van der Waals surface area contributed by atoms with E-state index >= 15 is 0 Å². The minimum Gasteiger partial charge on any atom is -0.273 e. The second-order valence-corrected chi connectivity index (χ2v) is 8.47. The van der Waals surface area contributed by atoms with Crippen molar-refractivity contribution in [2.24, 2.45) is 5.92 Å². The molecule has 32 heavy (non-hydrogen) atoms. The summed E-state index contributed by atoms with van der Waals surface area (Å²) in [5.74, 6) is -1.78. The van der Waals surface area contributed by atoms with Crippen LogP contribution in [0.2, 0.25) is 0 Å². The van der Waals surface area contributed by atoms with Gasteiger partial charge in [0.1, 0.15) is 11.7 Å². The van der Waals surface area contributed by atoms with Gasteiger partial charge in [-0.1, -0.05) is 48.0 Å². The van der Waals surface area contributed by atoms with Crippen LogP contribution in [-0.4, -0.2) is 17.9 Å². The number of nitrogens with zero attached hydrogens (tertiary/aromatic N) is 2. The maximum atomic E-state index is 13.7. The quantitative estimate of drug-likeness (QED) is 0.560. The van der Waals surface area contributed by atoms with Crippen molar-refractivity contribution >= 4 is 23.2 Å². The largest absolute Gasteiger partial charge is 0.273 e. The number of halogens is 1. The SMILES string of the molecule is Cc1cc(C)c(N2C(=O)[C@H]3[C@H](ON(c4ccccc4)[C@H]3c3ccc(F)cc3)C2=O)c(C)c1. The first-order valence-corrected chi connectivity index (χ1v) is 10.6. The Bertz CT molecular complexity index is 1190. The summed E-state index contributed by atoms with van der Waals surface area (Å²) >= 11 is 0. The van der Waals surface area contributed by atoms with Gasteiger partial charge >= 0.3 is 0 Å². The third-order valence-electron chi connectivity index (χ3n) is 6.20. The zero-order valence-corrected chi connectivity index (χ0v) is 18.1. The van der Waals surface area contributed by atoms with Crippen LogP contribution in [0.5, 0.6) is 0 Å². The van der Waals surface area contributed by atoms with Crippen molar-refractivity contribution in [3.63, 3.8) is 0 Å². The first-order chi connectivity index (χ1) is 15.4. The van der Waals surface area contributed by atoms with E-state index in [0.29, 0.717) is 11.3 Å². The molecule has 6 heteroatoms. The van der Waals surface area contributed by atoms with Crippen LogP contribution in [0.4, 0.5) is 15.8 Å². The molecule has 3 aromatic rings. The van der Waals surface area contributed by atoms with E-state index in [2.05, 4.69) is 0 Å². The molecular formula is C26H23FN2O3. The van der Waals surface area contributed by atoms with Gasteiger partial charge in [-0.15, -0.1) is 0 Å². The number of carbonyl (C=O) groups excluding carboxylic acids is 2. The highest BCUT2D eigenvalue weighted by atomic mass is 19.1. The van der Waals surface area contributed by atoms with E-state index in [0.717, 1.165) is 22.4 Å². The van der Waals surface area contributed by atoms with E-state index in [1.54, 1.807) is 17.2 Å². The zero-order valence-electron chi connectivity index (χ0n) is 18.1. The molecule has 0 radical (unpaired) electrons. The third kappa shape index (κ3) is 3.10. The van der Waals surface area contributed by atoms with Gasteiger partial charge in [0.2, 0.25) is 5.91 Å². The highest BCUT2D eigenvalue weighted by Crippen LogP contribution is 2.48. The van der Waals surface area contributed by atoms with Crippen molar-refractivity contribution in [1.29, 1.82) is 0 Å². The summed E-state index contributed by atoms with van der Waals surface area (Å²) in [4.78, 5) is 34.6. The Balaban J connectivity index is 1.61. The molecule has 5 nitrogen and oxygen atoms in total. The third-order valence-corrected chi connectivity index (χ3v) is 6.20. The minimum absolute atomic E-state index is 0.303. The van der Waals surface area contributed by atoms with Crippen LogP contribution in [-0.2, 0) is 14.4 Å². The monoisotopic (exact) mass is 430 g/mol. The predicted molar refractivity (Wildman–Crippen MR) is 120 cm³/mol. The molecule has 0 aromatic heterocycles. The molecule has 3 atom stereocenters. The number of anilines is 2. The molecule has 0 unspecified atom stereocenters. The highest BCUT2D eigenvalue weighted by molar-refractivity contribution is 6.24. The van der Waals surface area contributed by atoms with E-state index in [9.17, 15) is 14.0 Å². The van der Waals surface area contributed by atoms with Gasteiger partial charge in [-0.3, -0.25) is 14.4 Å². The normalized spacial score (nSPS) is 22.6. The van der Waals surface area contributed by atoms with Crippen LogP contribution in [0.25, 0.3) is 0 Å². The fraction of sp³-hybridized carbons (Fsp3) is 0.231. The van der Waals surface area contributed by atoms with E-state index < -0.39 is 18.1 Å². The molecule has 2 fully saturated rings. The molecular weight excluding hydrogens is 407 g/mol. The number of rotatable bonds is 3. The Labute approximate surface area is 186 Å². The Morgan fingerprint density at radius 1 is 0.844 bits per heavy atom. The Morgan fingerprint density at radius 2 is 1.47 bits per heavy atom. The molecule has 0 spiro atoms. The number of hydroxylamine groups is 1. The zero-order chi connectivity index (χ0) is 22.6. The second kappa shape index (κ2) is 7.57. The Hall–Kier alpha value is -3.51. The smallest absolute Gasteiger partial charge is 0.266 e. The van der Waals surface area contributed by atoms with Crippen LogP contribution in [0.15, 0.2) is 66.7 Å². The van der Waals surface area contributed by atoms with Gasteiger partial charge in [0.25, 0.3) is 5.91 Å². The average molecular weight is 430 g/mol. The van der Waals surface area contributed by atoms with Crippen molar-refractivity contribution in [2.45, 2.75) is 32.9 Å². The molecule has 0 aliphatic carbocycles. The number of imide groups is 1. The molecule has 2 aliphatic rings. The summed E-state index contributed by atoms with van der Waals surface area (Å²) in [7, 11) is 0. The number of hydrogen-bond acceptors (Lipinski definition) is 4. The maximum absolute atomic E-state index is 13.7. The van der Waals surface area contributed by atoms with Gasteiger partial charge < -0.3 is 0 Å². The molecule has 162 valence electrons. The van der Waals surface area contributed by atoms with Gasteiger partial charge in [0.15, 0.2) is 6.10 Å². The van der Waals surface area contributed by atoms with E-state index in [4.69, 9.17) is 4.84 Å². The lowest BCUT2D eigenvalue weighted by Crippen LogP contribution is -2.38. The van der Waals surface area contributed by atoms with E-state index in [1.807, 2.05) is 63.2 Å². The van der Waals surface area contributed by atoms with Gasteiger partial charge in [-0.2, -0.15) is 0 Å². The molecule has 2 amide bonds. The first kappa shape index (κ1) is 20.4. The van der Waals surface area contributed by atoms with Crippen molar-refractivity contribution in [2.75, 3.05) is 9.96 Å². The molecule has 2 aliphatic heterocycles.